The van der Waals surface area contributed by atoms with E-state index < -0.39 is 6.10 Å². The van der Waals surface area contributed by atoms with Gasteiger partial charge >= 0.3 is 0 Å². The van der Waals surface area contributed by atoms with Crippen LogP contribution in [0.2, 0.25) is 0 Å². The molecule has 0 aliphatic carbocycles. The lowest BCUT2D eigenvalue weighted by molar-refractivity contribution is -0.116. The number of benzene rings is 4. The summed E-state index contributed by atoms with van der Waals surface area (Å²) >= 11 is 0. The first-order valence-electron chi connectivity index (χ1n) is 11.7. The predicted molar refractivity (Wildman–Crippen MR) is 143 cm³/mol. The van der Waals surface area contributed by atoms with E-state index in [1.165, 1.54) is 7.11 Å². The van der Waals surface area contributed by atoms with Crippen LogP contribution in [0.5, 0.6) is 5.75 Å². The first kappa shape index (κ1) is 23.3. The second-order valence-corrected chi connectivity index (χ2v) is 8.85. The highest BCUT2D eigenvalue weighted by atomic mass is 16.5. The van der Waals surface area contributed by atoms with Crippen LogP contribution in [0.1, 0.15) is 22.8 Å². The molecule has 5 rings (SSSR count). The summed E-state index contributed by atoms with van der Waals surface area (Å²) in [5.74, 6) is 0.276. The Morgan fingerprint density at radius 1 is 0.972 bits per heavy atom. The van der Waals surface area contributed by atoms with Gasteiger partial charge in [0.2, 0.25) is 5.91 Å². The molecule has 0 saturated heterocycles. The number of aromatic nitrogens is 1. The maximum absolute atomic E-state index is 13.5. The number of amides is 1. The first-order valence-corrected chi connectivity index (χ1v) is 11.7. The van der Waals surface area contributed by atoms with Crippen LogP contribution in [0, 0.1) is 6.92 Å². The molecule has 180 valence electrons. The molecule has 1 aromatic heterocycles. The topological polar surface area (TPSA) is 80.6 Å². The van der Waals surface area contributed by atoms with Gasteiger partial charge in [-0.2, -0.15) is 0 Å². The van der Waals surface area contributed by atoms with Crippen LogP contribution < -0.4 is 15.5 Å². The van der Waals surface area contributed by atoms with Crippen molar-refractivity contribution in [1.82, 2.24) is 4.57 Å². The highest BCUT2D eigenvalue weighted by molar-refractivity contribution is 5.92. The van der Waals surface area contributed by atoms with Crippen molar-refractivity contribution in [2.24, 2.45) is 0 Å². The van der Waals surface area contributed by atoms with Gasteiger partial charge in [0.1, 0.15) is 18.4 Å². The third-order valence-electron chi connectivity index (χ3n) is 6.35. The standard InChI is InChI=1S/C30H26N2O4/c1-19-7-11-23(12-8-19)31-28(33)18-32-17-26(30(35)25-16-24(36-2)13-14-27(25)32)29(34)22-10-9-20-5-3-4-6-21(20)15-22/h3-17,29,34H,18H2,1-2H3,(H,31,33). The van der Waals surface area contributed by atoms with Crippen LogP contribution in [0.4, 0.5) is 5.69 Å². The summed E-state index contributed by atoms with van der Waals surface area (Å²) in [6.07, 6.45) is 0.412. The van der Waals surface area contributed by atoms with Crippen molar-refractivity contribution in [2.75, 3.05) is 12.4 Å². The molecule has 0 aliphatic heterocycles. The molecule has 4 aromatic carbocycles. The van der Waals surface area contributed by atoms with Crippen molar-refractivity contribution in [2.45, 2.75) is 19.6 Å². The largest absolute Gasteiger partial charge is 0.497 e. The van der Waals surface area contributed by atoms with E-state index in [2.05, 4.69) is 5.32 Å². The Bertz CT molecular complexity index is 1640. The van der Waals surface area contributed by atoms with Gasteiger partial charge in [0.15, 0.2) is 5.43 Å². The third-order valence-corrected chi connectivity index (χ3v) is 6.35. The normalized spacial score (nSPS) is 12.0. The van der Waals surface area contributed by atoms with E-state index in [1.807, 2.05) is 73.7 Å². The predicted octanol–water partition coefficient (Wildman–Crippen LogP) is 5.19. The zero-order valence-electron chi connectivity index (χ0n) is 20.1. The average molecular weight is 479 g/mol. The van der Waals surface area contributed by atoms with Gasteiger partial charge in [-0.25, -0.2) is 0 Å². The van der Waals surface area contributed by atoms with E-state index in [-0.39, 0.29) is 23.4 Å². The lowest BCUT2D eigenvalue weighted by atomic mass is 9.98. The average Bonchev–Trinajstić information content (AvgIpc) is 2.90. The zero-order valence-corrected chi connectivity index (χ0v) is 20.1. The van der Waals surface area contributed by atoms with Crippen molar-refractivity contribution in [3.63, 3.8) is 0 Å². The minimum atomic E-state index is -1.16. The number of methoxy groups -OCH3 is 1. The maximum Gasteiger partial charge on any atom is 0.244 e. The molecule has 0 aliphatic rings. The Labute approximate surface area is 208 Å². The van der Waals surface area contributed by atoms with Crippen molar-refractivity contribution in [1.29, 1.82) is 0 Å². The molecule has 6 heteroatoms. The molecule has 6 nitrogen and oxygen atoms in total. The van der Waals surface area contributed by atoms with Crippen molar-refractivity contribution < 1.29 is 14.6 Å². The van der Waals surface area contributed by atoms with Crippen LogP contribution in [0.25, 0.3) is 21.7 Å². The molecular weight excluding hydrogens is 452 g/mol. The number of aliphatic hydroxyl groups excluding tert-OH is 1. The summed E-state index contributed by atoms with van der Waals surface area (Å²) in [7, 11) is 1.53. The van der Waals surface area contributed by atoms with Crippen LogP contribution in [-0.4, -0.2) is 22.7 Å². The number of hydrogen-bond donors (Lipinski definition) is 2. The molecule has 0 radical (unpaired) electrons. The number of ether oxygens (including phenoxy) is 1. The van der Waals surface area contributed by atoms with Gasteiger partial charge in [-0.3, -0.25) is 9.59 Å². The van der Waals surface area contributed by atoms with Gasteiger partial charge in [-0.1, -0.05) is 54.1 Å². The Hall–Kier alpha value is -4.42. The van der Waals surface area contributed by atoms with Crippen LogP contribution >= 0.6 is 0 Å². The quantitative estimate of drug-likeness (QED) is 0.352. The number of anilines is 1. The van der Waals surface area contributed by atoms with E-state index in [1.54, 1.807) is 29.0 Å². The van der Waals surface area contributed by atoms with E-state index in [0.717, 1.165) is 16.3 Å². The smallest absolute Gasteiger partial charge is 0.244 e. The summed E-state index contributed by atoms with van der Waals surface area (Å²) in [6.45, 7) is 1.95. The highest BCUT2D eigenvalue weighted by Crippen LogP contribution is 2.27. The third kappa shape index (κ3) is 4.59. The molecule has 0 saturated carbocycles. The van der Waals surface area contributed by atoms with Gasteiger partial charge in [0.05, 0.1) is 12.6 Å². The van der Waals surface area contributed by atoms with Crippen LogP contribution in [0.3, 0.4) is 0 Å². The number of fused-ring (bicyclic) bond motifs is 2. The van der Waals surface area contributed by atoms with Gasteiger partial charge in [-0.05, 0) is 59.7 Å². The molecule has 0 fully saturated rings. The molecule has 1 unspecified atom stereocenters. The fourth-order valence-corrected chi connectivity index (χ4v) is 4.40. The Morgan fingerprint density at radius 3 is 2.47 bits per heavy atom. The SMILES string of the molecule is COc1ccc2c(c1)c(=O)c(C(O)c1ccc3ccccc3c1)cn2CC(=O)Nc1ccc(C)cc1. The highest BCUT2D eigenvalue weighted by Gasteiger charge is 2.20. The summed E-state index contributed by atoms with van der Waals surface area (Å²) in [5.41, 5.74) is 2.85. The summed E-state index contributed by atoms with van der Waals surface area (Å²) in [4.78, 5) is 26.4. The van der Waals surface area contributed by atoms with Gasteiger partial charge in [0, 0.05) is 22.8 Å². The monoisotopic (exact) mass is 478 g/mol. The molecule has 1 atom stereocenters. The van der Waals surface area contributed by atoms with Crippen molar-refractivity contribution in [3.8, 4) is 5.75 Å². The van der Waals surface area contributed by atoms with E-state index in [0.29, 0.717) is 27.9 Å². The maximum atomic E-state index is 13.5. The Balaban J connectivity index is 1.57. The number of carbonyl (C=O) groups is 1. The number of hydrogen-bond acceptors (Lipinski definition) is 4. The molecule has 2 N–H and O–H groups in total. The van der Waals surface area contributed by atoms with E-state index in [9.17, 15) is 14.7 Å². The van der Waals surface area contributed by atoms with Gasteiger partial charge in [-0.15, -0.1) is 0 Å². The number of pyridine rings is 1. The molecule has 36 heavy (non-hydrogen) atoms. The van der Waals surface area contributed by atoms with Crippen molar-refractivity contribution in [3.05, 3.63) is 118 Å². The van der Waals surface area contributed by atoms with Gasteiger partial charge < -0.3 is 19.7 Å². The number of rotatable bonds is 6. The van der Waals surface area contributed by atoms with Crippen molar-refractivity contribution >= 4 is 33.3 Å². The number of nitrogens with zero attached hydrogens (tertiary/aromatic N) is 1. The molecular formula is C30H26N2O4. The fraction of sp³-hybridized carbons (Fsp3) is 0.133. The number of carbonyl (C=O) groups excluding carboxylic acids is 1. The van der Waals surface area contributed by atoms with Gasteiger partial charge in [0.25, 0.3) is 0 Å². The summed E-state index contributed by atoms with van der Waals surface area (Å²) < 4.78 is 7.02. The minimum absolute atomic E-state index is 0.0333. The second-order valence-electron chi connectivity index (χ2n) is 8.85. The lowest BCUT2D eigenvalue weighted by Crippen LogP contribution is -2.23. The fourth-order valence-electron chi connectivity index (χ4n) is 4.40. The molecule has 1 amide bonds. The van der Waals surface area contributed by atoms with E-state index in [4.69, 9.17) is 4.74 Å². The number of nitrogens with one attached hydrogen (secondary N) is 1. The minimum Gasteiger partial charge on any atom is -0.497 e. The molecule has 1 heterocycles. The van der Waals surface area contributed by atoms with E-state index >= 15 is 0 Å². The number of aryl methyl sites for hydroxylation is 1. The van der Waals surface area contributed by atoms with Crippen LogP contribution in [-0.2, 0) is 11.3 Å². The number of aliphatic hydroxyl groups is 1. The first-order chi connectivity index (χ1) is 17.4. The lowest BCUT2D eigenvalue weighted by Gasteiger charge is -2.18. The Morgan fingerprint density at radius 2 is 1.72 bits per heavy atom. The molecule has 5 aromatic rings. The molecule has 0 bridgehead atoms. The summed E-state index contributed by atoms with van der Waals surface area (Å²) in [6, 6.07) is 26.1. The Kier molecular flexibility index (Phi) is 6.27. The zero-order chi connectivity index (χ0) is 25.2. The summed E-state index contributed by atoms with van der Waals surface area (Å²) in [5, 5.41) is 16.6. The van der Waals surface area contributed by atoms with Crippen LogP contribution in [0.15, 0.2) is 95.9 Å². The molecule has 0 spiro atoms. The second kappa shape index (κ2) is 9.68.